The Kier molecular flexibility index (Phi) is 181. The van der Waals surface area contributed by atoms with Crippen LogP contribution in [0.15, 0.2) is 0 Å². The van der Waals surface area contributed by atoms with Crippen molar-refractivity contribution in [2.45, 2.75) is 27.7 Å². The zero-order chi connectivity index (χ0) is 10.8. The molecule has 0 heterocycles. The second-order valence-electron chi connectivity index (χ2n) is 1.26. The van der Waals surface area contributed by atoms with Crippen molar-refractivity contribution in [3.05, 3.63) is 0 Å². The predicted molar refractivity (Wildman–Crippen MR) is 51.0 cm³/mol. The van der Waals surface area contributed by atoms with Gasteiger partial charge in [0.05, 0.1) is 0 Å². The van der Waals surface area contributed by atoms with Crippen molar-refractivity contribution in [3.63, 3.8) is 0 Å². The molecule has 0 saturated heterocycles. The van der Waals surface area contributed by atoms with Crippen molar-refractivity contribution >= 4 is 0 Å². The van der Waals surface area contributed by atoms with Crippen molar-refractivity contribution in [1.29, 1.82) is 0 Å². The minimum absolute atomic E-state index is 0. The third-order valence-corrected chi connectivity index (χ3v) is 0. The molecule has 0 unspecified atom stereocenters. The minimum atomic E-state index is 0. The van der Waals surface area contributed by atoms with Gasteiger partial charge in [-0.05, 0) is 27.7 Å². The van der Waals surface area contributed by atoms with Crippen LogP contribution in [-0.2, 0) is 22.4 Å². The molecule has 13 heavy (non-hydrogen) atoms. The molecule has 85 valence electrons. The maximum absolute atomic E-state index is 7.57. The topological polar surface area (TPSA) is 80.9 Å². The smallest absolute Gasteiger partial charge is 0.0402 e. The van der Waals surface area contributed by atoms with Gasteiger partial charge >= 0.3 is 0 Å². The Bertz CT molecular complexity index is 24.1. The number of aliphatic hydroxyl groups is 4. The van der Waals surface area contributed by atoms with E-state index < -0.39 is 0 Å². The summed E-state index contributed by atoms with van der Waals surface area (Å²) in [4.78, 5) is 0. The van der Waals surface area contributed by atoms with E-state index in [9.17, 15) is 0 Å². The van der Waals surface area contributed by atoms with Gasteiger partial charge in [-0.3, -0.25) is 0 Å². The largest absolute Gasteiger partial charge is 0.397 e. The van der Waals surface area contributed by atoms with Crippen LogP contribution in [0.2, 0.25) is 0 Å². The van der Waals surface area contributed by atoms with E-state index in [0.29, 0.717) is 0 Å². The van der Waals surface area contributed by atoms with E-state index in [-0.39, 0.29) is 48.8 Å². The molecule has 0 aliphatic heterocycles. The Labute approximate surface area is 97.1 Å². The maximum atomic E-state index is 7.57. The number of hydrogen-bond donors (Lipinski definition) is 4. The first-order chi connectivity index (χ1) is 5.66. The van der Waals surface area contributed by atoms with Crippen LogP contribution < -0.4 is 0 Å². The number of aliphatic hydroxyl groups excluding tert-OH is 4. The Morgan fingerprint density at radius 2 is 0.538 bits per heavy atom. The Morgan fingerprint density at radius 1 is 0.538 bits per heavy atom. The molecule has 0 rings (SSSR count). The van der Waals surface area contributed by atoms with Crippen LogP contribution in [0.4, 0.5) is 0 Å². The molecule has 0 aromatic heterocycles. The second kappa shape index (κ2) is 80.4. The molecule has 0 aromatic rings. The van der Waals surface area contributed by atoms with E-state index in [4.69, 9.17) is 20.4 Å². The number of rotatable bonds is 0. The van der Waals surface area contributed by atoms with Gasteiger partial charge in [0.2, 0.25) is 0 Å². The Balaban J connectivity index is -0.0000000213. The van der Waals surface area contributed by atoms with E-state index in [1.807, 2.05) is 0 Å². The minimum Gasteiger partial charge on any atom is -0.397 e. The van der Waals surface area contributed by atoms with Crippen LogP contribution in [0.5, 0.6) is 0 Å². The van der Waals surface area contributed by atoms with Crippen molar-refractivity contribution in [1.82, 2.24) is 0 Å². The van der Waals surface area contributed by atoms with Crippen LogP contribution in [0.25, 0.3) is 0 Å². The predicted octanol–water partition coefficient (Wildman–Crippen LogP) is -0.00810. The zero-order valence-corrected chi connectivity index (χ0v) is 12.3. The summed E-state index contributed by atoms with van der Waals surface area (Å²) in [6.07, 6.45) is 0. The Morgan fingerprint density at radius 3 is 0.538 bits per heavy atom. The summed E-state index contributed by atoms with van der Waals surface area (Å²) in [6.45, 7) is 7.72. The summed E-state index contributed by atoms with van der Waals surface area (Å²) in [5.74, 6) is 0. The molecular formula is C8H24O4Ta. The molecule has 0 aromatic carbocycles. The third-order valence-electron chi connectivity index (χ3n) is 0. The molecule has 4 nitrogen and oxygen atoms in total. The van der Waals surface area contributed by atoms with E-state index in [1.54, 1.807) is 27.7 Å². The standard InChI is InChI=1S/4C2H6O.Ta/c4*1-2-3;/h4*3H,2H2,1H3;. The van der Waals surface area contributed by atoms with Gasteiger partial charge < -0.3 is 20.4 Å². The molecule has 4 N–H and O–H groups in total. The molecule has 0 bridgehead atoms. The molecule has 0 saturated carbocycles. The quantitative estimate of drug-likeness (QED) is 0.487. The van der Waals surface area contributed by atoms with Crippen molar-refractivity contribution in [2.24, 2.45) is 0 Å². The molecule has 0 aliphatic rings. The summed E-state index contributed by atoms with van der Waals surface area (Å²) in [5, 5.41) is 30.3. The molecule has 0 fully saturated rings. The van der Waals surface area contributed by atoms with Crippen molar-refractivity contribution in [3.8, 4) is 0 Å². The summed E-state index contributed by atoms with van der Waals surface area (Å²) in [7, 11) is 0. The van der Waals surface area contributed by atoms with E-state index >= 15 is 0 Å². The summed E-state index contributed by atoms with van der Waals surface area (Å²) in [5.41, 5.74) is 0. The first kappa shape index (κ1) is 29.2. The monoisotopic (exact) mass is 365 g/mol. The molecule has 0 amide bonds. The van der Waals surface area contributed by atoms with Crippen LogP contribution in [-0.4, -0.2) is 46.9 Å². The maximum Gasteiger partial charge on any atom is 0.0402 e. The van der Waals surface area contributed by atoms with E-state index in [1.165, 1.54) is 0 Å². The van der Waals surface area contributed by atoms with Gasteiger partial charge in [-0.1, -0.05) is 0 Å². The Hall–Kier alpha value is 0.580. The van der Waals surface area contributed by atoms with Crippen LogP contribution in [0, 0.1) is 0 Å². The van der Waals surface area contributed by atoms with Crippen LogP contribution in [0.3, 0.4) is 0 Å². The van der Waals surface area contributed by atoms with Gasteiger partial charge in [0.15, 0.2) is 0 Å². The molecule has 0 aliphatic carbocycles. The summed E-state index contributed by atoms with van der Waals surface area (Å²) in [6, 6.07) is 0. The SMILES string of the molecule is CCO.CCO.CCO.CCO.[Ta]. The first-order valence-corrected chi connectivity index (χ1v) is 4.09. The summed E-state index contributed by atoms with van der Waals surface area (Å²) >= 11 is 0. The van der Waals surface area contributed by atoms with Crippen molar-refractivity contribution in [2.75, 3.05) is 26.4 Å². The fourth-order valence-corrected chi connectivity index (χ4v) is 0. The van der Waals surface area contributed by atoms with Crippen LogP contribution in [0.1, 0.15) is 27.7 Å². The fraction of sp³-hybridized carbons (Fsp3) is 1.00. The van der Waals surface area contributed by atoms with Gasteiger partial charge in [0.25, 0.3) is 0 Å². The van der Waals surface area contributed by atoms with Gasteiger partial charge in [-0.25, -0.2) is 0 Å². The average Bonchev–Trinajstić information content (AvgIpc) is 1.92. The molecule has 0 atom stereocenters. The molecule has 0 spiro atoms. The van der Waals surface area contributed by atoms with E-state index in [0.717, 1.165) is 0 Å². The molecular weight excluding hydrogens is 341 g/mol. The summed E-state index contributed by atoms with van der Waals surface area (Å²) < 4.78 is 0. The van der Waals surface area contributed by atoms with Gasteiger partial charge in [0.1, 0.15) is 0 Å². The zero-order valence-electron chi connectivity index (χ0n) is 9.06. The second-order valence-corrected chi connectivity index (χ2v) is 1.26. The van der Waals surface area contributed by atoms with Gasteiger partial charge in [0, 0.05) is 48.8 Å². The fourth-order valence-electron chi connectivity index (χ4n) is 0. The average molecular weight is 365 g/mol. The van der Waals surface area contributed by atoms with Gasteiger partial charge in [-0.15, -0.1) is 0 Å². The van der Waals surface area contributed by atoms with Crippen molar-refractivity contribution < 1.29 is 42.8 Å². The normalized spacial score (nSPS) is 5.54. The third kappa shape index (κ3) is 4180. The molecule has 5 heteroatoms. The molecule has 1 radical (unpaired) electrons. The van der Waals surface area contributed by atoms with Crippen LogP contribution >= 0.6 is 0 Å². The van der Waals surface area contributed by atoms with E-state index in [2.05, 4.69) is 0 Å². The first-order valence-electron chi connectivity index (χ1n) is 4.09. The van der Waals surface area contributed by atoms with Gasteiger partial charge in [-0.2, -0.15) is 0 Å². The number of hydrogen-bond acceptors (Lipinski definition) is 4.